The molecule has 0 amide bonds. The van der Waals surface area contributed by atoms with Crippen LogP contribution in [0.3, 0.4) is 0 Å². The Morgan fingerprint density at radius 2 is 1.77 bits per heavy atom. The molecule has 1 aliphatic heterocycles. The second-order valence-corrected chi connectivity index (χ2v) is 7.74. The Bertz CT molecular complexity index is 882. The van der Waals surface area contributed by atoms with Gasteiger partial charge in [-0.2, -0.15) is 17.5 Å². The summed E-state index contributed by atoms with van der Waals surface area (Å²) in [6.07, 6.45) is -5.25. The normalized spacial score (nSPS) is 19.5. The fraction of sp³-hybridized carbons (Fsp3) is 0.294. The molecule has 0 bridgehead atoms. The van der Waals surface area contributed by atoms with Crippen molar-refractivity contribution in [3.8, 4) is 0 Å². The Balaban J connectivity index is 1.86. The molecule has 0 spiro atoms. The van der Waals surface area contributed by atoms with Crippen molar-refractivity contribution >= 4 is 10.0 Å². The van der Waals surface area contributed by atoms with E-state index in [0.717, 1.165) is 22.5 Å². The molecule has 9 heteroatoms. The molecule has 3 rings (SSSR count). The molecule has 1 unspecified atom stereocenters. The van der Waals surface area contributed by atoms with Crippen molar-refractivity contribution in [1.82, 2.24) is 4.31 Å². The van der Waals surface area contributed by atoms with Gasteiger partial charge in [0.2, 0.25) is 10.0 Å². The Hall–Kier alpha value is -1.97. The topological polar surface area (TPSA) is 46.6 Å². The van der Waals surface area contributed by atoms with Gasteiger partial charge in [-0.3, -0.25) is 0 Å². The summed E-state index contributed by atoms with van der Waals surface area (Å²) in [6, 6.07) is 9.08. The minimum atomic E-state index is -4.63. The maximum atomic E-state index is 13.0. The Morgan fingerprint density at radius 1 is 1.08 bits per heavy atom. The summed E-state index contributed by atoms with van der Waals surface area (Å²) in [6.45, 7) is 0.0424. The Morgan fingerprint density at radius 3 is 2.42 bits per heavy atom. The van der Waals surface area contributed by atoms with Gasteiger partial charge in [-0.1, -0.05) is 18.2 Å². The summed E-state index contributed by atoms with van der Waals surface area (Å²) in [4.78, 5) is -0.424. The number of alkyl halides is 3. The molecule has 0 aromatic heterocycles. The summed E-state index contributed by atoms with van der Waals surface area (Å²) >= 11 is 0. The average molecular weight is 389 g/mol. The molecule has 4 nitrogen and oxygen atoms in total. The smallest absolute Gasteiger partial charge is 0.371 e. The van der Waals surface area contributed by atoms with E-state index >= 15 is 0 Å². The molecule has 1 fully saturated rings. The molecular weight excluding hydrogens is 374 g/mol. The molecular formula is C17H15F4NO3S. The van der Waals surface area contributed by atoms with Crippen molar-refractivity contribution in [1.29, 1.82) is 0 Å². The zero-order valence-electron chi connectivity index (χ0n) is 13.4. The summed E-state index contributed by atoms with van der Waals surface area (Å²) in [7, 11) is -4.11. The van der Waals surface area contributed by atoms with Gasteiger partial charge in [-0.15, -0.1) is 0 Å². The van der Waals surface area contributed by atoms with Gasteiger partial charge in [0.15, 0.2) is 0 Å². The molecule has 140 valence electrons. The predicted octanol–water partition coefficient (Wildman–Crippen LogP) is 3.61. The first-order chi connectivity index (χ1) is 12.2. The van der Waals surface area contributed by atoms with Crippen LogP contribution in [-0.4, -0.2) is 32.4 Å². The quantitative estimate of drug-likeness (QED) is 0.754. The van der Waals surface area contributed by atoms with Crippen LogP contribution in [0.15, 0.2) is 53.4 Å². The lowest BCUT2D eigenvalue weighted by Crippen LogP contribution is -2.42. The van der Waals surface area contributed by atoms with E-state index in [-0.39, 0.29) is 19.7 Å². The third-order valence-corrected chi connectivity index (χ3v) is 5.93. The number of hydrogen-bond donors (Lipinski definition) is 0. The molecule has 0 N–H and O–H groups in total. The molecule has 26 heavy (non-hydrogen) atoms. The standard InChI is InChI=1S/C17H15F4NO3S/c18-14-6-4-12(5-7-14)16-11-22(8-9-25-16)26(23,24)15-3-1-2-13(10-15)17(19,20)21/h1-7,10,16H,8-9,11H2. The summed E-state index contributed by atoms with van der Waals surface area (Å²) in [5, 5.41) is 0. The molecule has 0 saturated carbocycles. The Kier molecular flexibility index (Phi) is 5.05. The number of halogens is 4. The van der Waals surface area contributed by atoms with Crippen LogP contribution in [0.2, 0.25) is 0 Å². The van der Waals surface area contributed by atoms with Crippen LogP contribution >= 0.6 is 0 Å². The number of rotatable bonds is 3. The monoisotopic (exact) mass is 389 g/mol. The summed E-state index contributed by atoms with van der Waals surface area (Å²) in [5.74, 6) is -0.432. The number of nitrogens with zero attached hydrogens (tertiary/aromatic N) is 1. The lowest BCUT2D eigenvalue weighted by atomic mass is 10.1. The van der Waals surface area contributed by atoms with E-state index in [1.54, 1.807) is 0 Å². The van der Waals surface area contributed by atoms with E-state index in [1.165, 1.54) is 24.3 Å². The second-order valence-electron chi connectivity index (χ2n) is 5.80. The van der Waals surface area contributed by atoms with Crippen molar-refractivity contribution < 1.29 is 30.7 Å². The van der Waals surface area contributed by atoms with Crippen LogP contribution in [0.5, 0.6) is 0 Å². The zero-order chi connectivity index (χ0) is 18.9. The first kappa shape index (κ1) is 18.8. The van der Waals surface area contributed by atoms with Crippen molar-refractivity contribution in [2.24, 2.45) is 0 Å². The minimum absolute atomic E-state index is 0.0241. The maximum Gasteiger partial charge on any atom is 0.416 e. The molecule has 2 aromatic rings. The van der Waals surface area contributed by atoms with Crippen molar-refractivity contribution in [2.75, 3.05) is 19.7 Å². The van der Waals surface area contributed by atoms with Crippen LogP contribution in [0.25, 0.3) is 0 Å². The molecule has 1 saturated heterocycles. The van der Waals surface area contributed by atoms with Crippen LogP contribution in [0, 0.1) is 5.82 Å². The van der Waals surface area contributed by atoms with E-state index in [0.29, 0.717) is 11.6 Å². The molecule has 1 atom stereocenters. The second kappa shape index (κ2) is 6.98. The van der Waals surface area contributed by atoms with E-state index in [2.05, 4.69) is 0 Å². The third kappa shape index (κ3) is 3.89. The first-order valence-corrected chi connectivity index (χ1v) is 9.16. The molecule has 2 aromatic carbocycles. The number of morpholine rings is 1. The fourth-order valence-corrected chi connectivity index (χ4v) is 4.18. The number of hydrogen-bond acceptors (Lipinski definition) is 3. The highest BCUT2D eigenvalue weighted by atomic mass is 32.2. The minimum Gasteiger partial charge on any atom is -0.371 e. The van der Waals surface area contributed by atoms with Gasteiger partial charge in [0.05, 0.1) is 23.2 Å². The highest BCUT2D eigenvalue weighted by molar-refractivity contribution is 7.89. The van der Waals surface area contributed by atoms with Gasteiger partial charge in [-0.05, 0) is 35.9 Å². The maximum absolute atomic E-state index is 13.0. The van der Waals surface area contributed by atoms with Crippen LogP contribution < -0.4 is 0 Å². The van der Waals surface area contributed by atoms with Gasteiger partial charge >= 0.3 is 6.18 Å². The van der Waals surface area contributed by atoms with Gasteiger partial charge < -0.3 is 4.74 Å². The van der Waals surface area contributed by atoms with Crippen molar-refractivity contribution in [3.63, 3.8) is 0 Å². The largest absolute Gasteiger partial charge is 0.416 e. The fourth-order valence-electron chi connectivity index (χ4n) is 2.71. The predicted molar refractivity (Wildman–Crippen MR) is 85.3 cm³/mol. The molecule has 1 aliphatic rings. The van der Waals surface area contributed by atoms with Crippen molar-refractivity contribution in [3.05, 3.63) is 65.5 Å². The van der Waals surface area contributed by atoms with Crippen molar-refractivity contribution in [2.45, 2.75) is 17.2 Å². The highest BCUT2D eigenvalue weighted by Gasteiger charge is 2.35. The van der Waals surface area contributed by atoms with Gasteiger partial charge in [0.1, 0.15) is 5.82 Å². The van der Waals surface area contributed by atoms with E-state index in [4.69, 9.17) is 4.74 Å². The number of sulfonamides is 1. The number of ether oxygens (including phenoxy) is 1. The average Bonchev–Trinajstić information content (AvgIpc) is 2.62. The van der Waals surface area contributed by atoms with Crippen LogP contribution in [0.1, 0.15) is 17.2 Å². The van der Waals surface area contributed by atoms with Gasteiger partial charge in [0.25, 0.3) is 0 Å². The SMILES string of the molecule is O=S(=O)(c1cccc(C(F)(F)F)c1)N1CCOC(c2ccc(F)cc2)C1. The molecule has 1 heterocycles. The van der Waals surface area contributed by atoms with Gasteiger partial charge in [-0.25, -0.2) is 12.8 Å². The number of benzene rings is 2. The van der Waals surface area contributed by atoms with E-state index in [9.17, 15) is 26.0 Å². The Labute approximate surface area is 148 Å². The third-order valence-electron chi connectivity index (χ3n) is 4.07. The summed E-state index contributed by atoms with van der Waals surface area (Å²) < 4.78 is 83.7. The molecule has 0 radical (unpaired) electrons. The van der Waals surface area contributed by atoms with Crippen LogP contribution in [0.4, 0.5) is 17.6 Å². The lowest BCUT2D eigenvalue weighted by molar-refractivity contribution is -0.137. The highest BCUT2D eigenvalue weighted by Crippen LogP contribution is 2.32. The van der Waals surface area contributed by atoms with Gasteiger partial charge in [0, 0.05) is 13.1 Å². The van der Waals surface area contributed by atoms with E-state index < -0.39 is 38.6 Å². The summed E-state index contributed by atoms with van der Waals surface area (Å²) in [5.41, 5.74) is -0.433. The molecule has 0 aliphatic carbocycles. The van der Waals surface area contributed by atoms with Crippen LogP contribution in [-0.2, 0) is 20.9 Å². The lowest BCUT2D eigenvalue weighted by Gasteiger charge is -2.32. The first-order valence-electron chi connectivity index (χ1n) is 7.72. The van der Waals surface area contributed by atoms with E-state index in [1.807, 2.05) is 0 Å². The zero-order valence-corrected chi connectivity index (χ0v) is 14.2.